The van der Waals surface area contributed by atoms with E-state index in [-0.39, 0.29) is 5.91 Å². The van der Waals surface area contributed by atoms with Gasteiger partial charge in [-0.15, -0.1) is 0 Å². The highest BCUT2D eigenvalue weighted by Gasteiger charge is 2.15. The number of rotatable bonds is 7. The summed E-state index contributed by atoms with van der Waals surface area (Å²) in [4.78, 5) is 23.2. The normalized spacial score (nSPS) is 12.1. The van der Waals surface area contributed by atoms with Crippen LogP contribution in [0.2, 0.25) is 0 Å². The summed E-state index contributed by atoms with van der Waals surface area (Å²) in [7, 11) is 1.54. The van der Waals surface area contributed by atoms with Crippen molar-refractivity contribution in [1.29, 1.82) is 0 Å². The van der Waals surface area contributed by atoms with E-state index in [1.807, 2.05) is 24.3 Å². The molecule has 1 N–H and O–H groups in total. The Morgan fingerprint density at radius 3 is 2.62 bits per heavy atom. The molecule has 1 rings (SSSR count). The second-order valence-electron chi connectivity index (χ2n) is 4.25. The van der Waals surface area contributed by atoms with Crippen molar-refractivity contribution in [2.45, 2.75) is 13.0 Å². The molecule has 1 aromatic rings. The Morgan fingerprint density at radius 1 is 1.33 bits per heavy atom. The molecule has 0 unspecified atom stereocenters. The van der Waals surface area contributed by atoms with E-state index in [9.17, 15) is 9.59 Å². The van der Waals surface area contributed by atoms with Crippen molar-refractivity contribution in [2.24, 2.45) is 0 Å². The zero-order valence-corrected chi connectivity index (χ0v) is 13.6. The maximum Gasteiger partial charge on any atom is 0.331 e. The maximum absolute atomic E-state index is 11.6. The first-order chi connectivity index (χ1) is 10.0. The van der Waals surface area contributed by atoms with Crippen LogP contribution in [0.15, 0.2) is 34.8 Å². The summed E-state index contributed by atoms with van der Waals surface area (Å²) in [6.45, 7) is 2.31. The molecule has 1 amide bonds. The number of carbonyl (C=O) groups excluding carboxylic acids is 2. The molecule has 0 fully saturated rings. The molecule has 5 nitrogen and oxygen atoms in total. The maximum atomic E-state index is 11.6. The molecule has 114 valence electrons. The number of methoxy groups -OCH3 is 1. The fraction of sp³-hybridized carbons (Fsp3) is 0.333. The summed E-state index contributed by atoms with van der Waals surface area (Å²) < 4.78 is 10.8. The van der Waals surface area contributed by atoms with Crippen molar-refractivity contribution in [3.8, 4) is 0 Å². The lowest BCUT2D eigenvalue weighted by molar-refractivity contribution is -0.150. The Bertz CT molecular complexity index is 499. The van der Waals surface area contributed by atoms with Crippen molar-refractivity contribution in [1.82, 2.24) is 5.32 Å². The Balaban J connectivity index is 2.41. The minimum atomic E-state index is -0.844. The zero-order chi connectivity index (χ0) is 15.7. The van der Waals surface area contributed by atoms with Crippen molar-refractivity contribution in [3.63, 3.8) is 0 Å². The van der Waals surface area contributed by atoms with Gasteiger partial charge in [0.05, 0.1) is 6.61 Å². The minimum absolute atomic E-state index is 0.350. The third kappa shape index (κ3) is 7.06. The van der Waals surface area contributed by atoms with Gasteiger partial charge >= 0.3 is 5.97 Å². The molecule has 0 aliphatic carbocycles. The first-order valence-corrected chi connectivity index (χ1v) is 7.23. The highest BCUT2D eigenvalue weighted by molar-refractivity contribution is 9.10. The van der Waals surface area contributed by atoms with Crippen LogP contribution in [0.3, 0.4) is 0 Å². The molecule has 1 atom stereocenters. The molecule has 0 radical (unpaired) electrons. The molecule has 0 aliphatic rings. The predicted octanol–water partition coefficient (Wildman–Crippen LogP) is 2.16. The van der Waals surface area contributed by atoms with Crippen molar-refractivity contribution >= 4 is 33.9 Å². The van der Waals surface area contributed by atoms with E-state index < -0.39 is 12.1 Å². The van der Waals surface area contributed by atoms with Crippen LogP contribution in [0, 0.1) is 0 Å². The number of ether oxygens (including phenoxy) is 2. The Kier molecular flexibility index (Phi) is 7.71. The van der Waals surface area contributed by atoms with Gasteiger partial charge in [0.2, 0.25) is 0 Å². The number of amides is 1. The summed E-state index contributed by atoms with van der Waals surface area (Å²) in [6, 6.07) is 7.46. The van der Waals surface area contributed by atoms with Crippen molar-refractivity contribution in [2.75, 3.05) is 20.3 Å². The Labute approximate surface area is 132 Å². The summed E-state index contributed by atoms with van der Waals surface area (Å²) in [5, 5.41) is 2.60. The molecular formula is C15H18BrNO4. The van der Waals surface area contributed by atoms with Crippen LogP contribution in [0.25, 0.3) is 6.08 Å². The molecule has 0 aromatic heterocycles. The highest BCUT2D eigenvalue weighted by atomic mass is 79.9. The number of hydrogen-bond donors (Lipinski definition) is 1. The highest BCUT2D eigenvalue weighted by Crippen LogP contribution is 2.11. The van der Waals surface area contributed by atoms with Gasteiger partial charge in [-0.2, -0.15) is 0 Å². The monoisotopic (exact) mass is 355 g/mol. The largest absolute Gasteiger partial charge is 0.449 e. The van der Waals surface area contributed by atoms with Crippen LogP contribution in [-0.2, 0) is 19.1 Å². The predicted molar refractivity (Wildman–Crippen MR) is 83.6 cm³/mol. The molecule has 6 heteroatoms. The molecule has 0 spiro atoms. The fourth-order valence-corrected chi connectivity index (χ4v) is 1.69. The summed E-state index contributed by atoms with van der Waals surface area (Å²) >= 11 is 3.33. The molecule has 0 saturated heterocycles. The standard InChI is InChI=1S/C15H18BrNO4/c1-11(15(19)17-9-10-20-2)21-14(18)8-5-12-3-6-13(16)7-4-12/h3-8,11H,9-10H2,1-2H3,(H,17,19)/b8-5+/t11-/m1/s1. The van der Waals surface area contributed by atoms with Crippen LogP contribution in [0.4, 0.5) is 0 Å². The van der Waals surface area contributed by atoms with E-state index in [4.69, 9.17) is 9.47 Å². The number of carbonyl (C=O) groups is 2. The van der Waals surface area contributed by atoms with Crippen molar-refractivity contribution < 1.29 is 19.1 Å². The SMILES string of the molecule is COCCNC(=O)[C@@H](C)OC(=O)/C=C/c1ccc(Br)cc1. The number of esters is 1. The third-order valence-electron chi connectivity index (χ3n) is 2.55. The van der Waals surface area contributed by atoms with Gasteiger partial charge in [0.15, 0.2) is 6.10 Å². The quantitative estimate of drug-likeness (QED) is 0.462. The molecule has 21 heavy (non-hydrogen) atoms. The topological polar surface area (TPSA) is 64.6 Å². The Hall–Kier alpha value is -1.66. The summed E-state index contributed by atoms with van der Waals surface area (Å²) in [5.74, 6) is -0.912. The van der Waals surface area contributed by atoms with E-state index >= 15 is 0 Å². The van der Waals surface area contributed by atoms with Crippen LogP contribution in [0.1, 0.15) is 12.5 Å². The van der Waals surface area contributed by atoms with Gasteiger partial charge in [0.25, 0.3) is 5.91 Å². The van der Waals surface area contributed by atoms with E-state index in [1.165, 1.54) is 13.0 Å². The lowest BCUT2D eigenvalue weighted by Gasteiger charge is -2.11. The van der Waals surface area contributed by atoms with Gasteiger partial charge < -0.3 is 14.8 Å². The van der Waals surface area contributed by atoms with Gasteiger partial charge in [-0.3, -0.25) is 4.79 Å². The summed E-state index contributed by atoms with van der Waals surface area (Å²) in [6.07, 6.45) is 2.08. The van der Waals surface area contributed by atoms with E-state index in [1.54, 1.807) is 13.2 Å². The molecule has 0 bridgehead atoms. The molecular weight excluding hydrogens is 338 g/mol. The van der Waals surface area contributed by atoms with Gasteiger partial charge in [-0.05, 0) is 30.7 Å². The number of halogens is 1. The van der Waals surface area contributed by atoms with E-state index in [2.05, 4.69) is 21.2 Å². The van der Waals surface area contributed by atoms with Gasteiger partial charge in [0, 0.05) is 24.2 Å². The smallest absolute Gasteiger partial charge is 0.331 e. The number of hydrogen-bond acceptors (Lipinski definition) is 4. The van der Waals surface area contributed by atoms with Gasteiger partial charge in [-0.25, -0.2) is 4.79 Å². The van der Waals surface area contributed by atoms with Crippen LogP contribution in [-0.4, -0.2) is 38.2 Å². The van der Waals surface area contributed by atoms with E-state index in [0.29, 0.717) is 13.2 Å². The molecule has 0 heterocycles. The minimum Gasteiger partial charge on any atom is -0.449 e. The lowest BCUT2D eigenvalue weighted by Crippen LogP contribution is -2.37. The van der Waals surface area contributed by atoms with Crippen LogP contribution in [0.5, 0.6) is 0 Å². The second kappa shape index (κ2) is 9.31. The average Bonchev–Trinajstić information content (AvgIpc) is 2.46. The van der Waals surface area contributed by atoms with Gasteiger partial charge in [-0.1, -0.05) is 28.1 Å². The van der Waals surface area contributed by atoms with E-state index in [0.717, 1.165) is 10.0 Å². The number of nitrogens with one attached hydrogen (secondary N) is 1. The zero-order valence-electron chi connectivity index (χ0n) is 12.0. The Morgan fingerprint density at radius 2 is 2.00 bits per heavy atom. The molecule has 0 aliphatic heterocycles. The third-order valence-corrected chi connectivity index (χ3v) is 3.08. The van der Waals surface area contributed by atoms with Crippen LogP contribution < -0.4 is 5.32 Å². The first kappa shape index (κ1) is 17.4. The van der Waals surface area contributed by atoms with Crippen molar-refractivity contribution in [3.05, 3.63) is 40.4 Å². The fourth-order valence-electron chi connectivity index (χ4n) is 1.43. The second-order valence-corrected chi connectivity index (χ2v) is 5.16. The molecule has 1 aromatic carbocycles. The molecule has 0 saturated carbocycles. The lowest BCUT2D eigenvalue weighted by atomic mass is 10.2. The van der Waals surface area contributed by atoms with Crippen LogP contribution >= 0.6 is 15.9 Å². The number of benzene rings is 1. The first-order valence-electron chi connectivity index (χ1n) is 6.44. The average molecular weight is 356 g/mol. The van der Waals surface area contributed by atoms with Gasteiger partial charge in [0.1, 0.15) is 0 Å². The summed E-state index contributed by atoms with van der Waals surface area (Å²) in [5.41, 5.74) is 0.868.